The van der Waals surface area contributed by atoms with Gasteiger partial charge in [-0.05, 0) is 67.3 Å². The minimum atomic E-state index is -0.316. The Kier molecular flexibility index (Phi) is 5.26. The largest absolute Gasteiger partial charge is 0.462 e. The molecule has 1 aromatic heterocycles. The summed E-state index contributed by atoms with van der Waals surface area (Å²) in [6.07, 6.45) is 3.29. The number of aromatic amines is 1. The first-order valence-electron chi connectivity index (χ1n) is 8.66. The lowest BCUT2D eigenvalue weighted by Crippen LogP contribution is -2.12. The molecule has 1 N–H and O–H groups in total. The lowest BCUT2D eigenvalue weighted by molar-refractivity contribution is 0.0500. The van der Waals surface area contributed by atoms with E-state index < -0.39 is 0 Å². The fourth-order valence-electron chi connectivity index (χ4n) is 3.15. The van der Waals surface area contributed by atoms with Crippen LogP contribution in [0.5, 0.6) is 0 Å². The SMILES string of the molecule is Cc1cc(C(=O)OCCCc2c[nH]c3ccc(F)cc23)ccc1N(C)C. The van der Waals surface area contributed by atoms with Crippen LogP contribution in [0.3, 0.4) is 0 Å². The van der Waals surface area contributed by atoms with Crippen molar-refractivity contribution in [3.8, 4) is 0 Å². The number of rotatable bonds is 6. The summed E-state index contributed by atoms with van der Waals surface area (Å²) in [4.78, 5) is 17.3. The molecule has 0 saturated carbocycles. The predicted molar refractivity (Wildman–Crippen MR) is 102 cm³/mol. The Labute approximate surface area is 152 Å². The lowest BCUT2D eigenvalue weighted by Gasteiger charge is -2.16. The third-order valence-corrected chi connectivity index (χ3v) is 4.47. The Morgan fingerprint density at radius 3 is 2.73 bits per heavy atom. The number of ether oxygens (including phenoxy) is 1. The molecular weight excluding hydrogens is 331 g/mol. The van der Waals surface area contributed by atoms with Crippen molar-refractivity contribution in [2.75, 3.05) is 25.6 Å². The zero-order valence-electron chi connectivity index (χ0n) is 15.3. The standard InChI is InChI=1S/C21H23FN2O2/c1-14-11-15(6-9-20(14)24(2)3)21(25)26-10-4-5-16-13-23-19-8-7-17(22)12-18(16)19/h6-9,11-13,23H,4-5,10H2,1-3H3. The van der Waals surface area contributed by atoms with E-state index in [-0.39, 0.29) is 11.8 Å². The number of esters is 1. The predicted octanol–water partition coefficient (Wildman–Crippen LogP) is 4.47. The van der Waals surface area contributed by atoms with Crippen LogP contribution in [0.25, 0.3) is 10.9 Å². The van der Waals surface area contributed by atoms with Crippen LogP contribution in [0.15, 0.2) is 42.6 Å². The van der Waals surface area contributed by atoms with Crippen LogP contribution in [-0.2, 0) is 11.2 Å². The molecule has 0 amide bonds. The highest BCUT2D eigenvalue weighted by Gasteiger charge is 2.10. The molecular formula is C21H23FN2O2. The molecule has 0 radical (unpaired) electrons. The number of halogens is 1. The summed E-state index contributed by atoms with van der Waals surface area (Å²) in [6, 6.07) is 10.3. The van der Waals surface area contributed by atoms with E-state index in [0.29, 0.717) is 18.6 Å². The van der Waals surface area contributed by atoms with E-state index in [1.54, 1.807) is 12.1 Å². The van der Waals surface area contributed by atoms with E-state index in [2.05, 4.69) is 4.98 Å². The summed E-state index contributed by atoms with van der Waals surface area (Å²) in [5.74, 6) is -0.565. The van der Waals surface area contributed by atoms with E-state index in [4.69, 9.17) is 4.74 Å². The van der Waals surface area contributed by atoms with Crippen LogP contribution in [0.4, 0.5) is 10.1 Å². The van der Waals surface area contributed by atoms with Crippen LogP contribution >= 0.6 is 0 Å². The van der Waals surface area contributed by atoms with E-state index >= 15 is 0 Å². The number of carbonyl (C=O) groups is 1. The van der Waals surface area contributed by atoms with Gasteiger partial charge < -0.3 is 14.6 Å². The maximum absolute atomic E-state index is 13.4. The average molecular weight is 354 g/mol. The fourth-order valence-corrected chi connectivity index (χ4v) is 3.15. The second-order valence-electron chi connectivity index (χ2n) is 6.64. The van der Waals surface area contributed by atoms with Crippen LogP contribution in [0.1, 0.15) is 27.9 Å². The molecule has 0 aliphatic rings. The zero-order valence-corrected chi connectivity index (χ0v) is 15.3. The molecule has 26 heavy (non-hydrogen) atoms. The first-order valence-corrected chi connectivity index (χ1v) is 8.66. The number of nitrogens with one attached hydrogen (secondary N) is 1. The van der Waals surface area contributed by atoms with E-state index in [0.717, 1.165) is 34.1 Å². The van der Waals surface area contributed by atoms with Gasteiger partial charge in [-0.3, -0.25) is 0 Å². The van der Waals surface area contributed by atoms with Gasteiger partial charge in [0.05, 0.1) is 12.2 Å². The number of fused-ring (bicyclic) bond motifs is 1. The smallest absolute Gasteiger partial charge is 0.338 e. The maximum Gasteiger partial charge on any atom is 0.338 e. The first-order chi connectivity index (χ1) is 12.5. The van der Waals surface area contributed by atoms with E-state index in [9.17, 15) is 9.18 Å². The van der Waals surface area contributed by atoms with Crippen molar-refractivity contribution < 1.29 is 13.9 Å². The topological polar surface area (TPSA) is 45.3 Å². The number of carbonyl (C=O) groups excluding carboxylic acids is 1. The first kappa shape index (κ1) is 18.0. The summed E-state index contributed by atoms with van der Waals surface area (Å²) >= 11 is 0. The molecule has 0 aliphatic heterocycles. The number of hydrogen-bond acceptors (Lipinski definition) is 3. The Morgan fingerprint density at radius 2 is 2.00 bits per heavy atom. The van der Waals surface area contributed by atoms with Gasteiger partial charge in [0.15, 0.2) is 0 Å². The zero-order chi connectivity index (χ0) is 18.7. The van der Waals surface area contributed by atoms with E-state index in [1.165, 1.54) is 12.1 Å². The summed E-state index contributed by atoms with van der Waals surface area (Å²) in [5.41, 5.74) is 4.61. The molecule has 4 nitrogen and oxygen atoms in total. The molecule has 5 heteroatoms. The van der Waals surface area contributed by atoms with Crippen LogP contribution in [0, 0.1) is 12.7 Å². The maximum atomic E-state index is 13.4. The molecule has 0 spiro atoms. The van der Waals surface area contributed by atoms with Crippen molar-refractivity contribution in [2.24, 2.45) is 0 Å². The number of aryl methyl sites for hydroxylation is 2. The highest BCUT2D eigenvalue weighted by molar-refractivity contribution is 5.90. The number of anilines is 1. The number of aromatic nitrogens is 1. The van der Waals surface area contributed by atoms with Crippen LogP contribution < -0.4 is 4.90 Å². The minimum absolute atomic E-state index is 0.249. The molecule has 3 rings (SSSR count). The number of H-pyrrole nitrogens is 1. The number of benzene rings is 2. The van der Waals surface area contributed by atoms with Gasteiger partial charge in [0, 0.05) is 36.9 Å². The molecule has 0 bridgehead atoms. The molecule has 0 saturated heterocycles. The molecule has 0 atom stereocenters. The highest BCUT2D eigenvalue weighted by Crippen LogP contribution is 2.21. The van der Waals surface area contributed by atoms with Gasteiger partial charge in [-0.25, -0.2) is 9.18 Å². The summed E-state index contributed by atoms with van der Waals surface area (Å²) in [7, 11) is 3.94. The van der Waals surface area contributed by atoms with Gasteiger partial charge >= 0.3 is 5.97 Å². The van der Waals surface area contributed by atoms with Crippen LogP contribution in [-0.4, -0.2) is 31.7 Å². The number of nitrogens with zero attached hydrogens (tertiary/aromatic N) is 1. The lowest BCUT2D eigenvalue weighted by atomic mass is 10.1. The molecule has 1 heterocycles. The quantitative estimate of drug-likeness (QED) is 0.525. The second kappa shape index (κ2) is 7.60. The molecule has 0 aliphatic carbocycles. The van der Waals surface area contributed by atoms with Gasteiger partial charge in [-0.15, -0.1) is 0 Å². The summed E-state index contributed by atoms with van der Waals surface area (Å²) < 4.78 is 18.8. The molecule has 0 fully saturated rings. The molecule has 0 unspecified atom stereocenters. The minimum Gasteiger partial charge on any atom is -0.462 e. The van der Waals surface area contributed by atoms with Crippen LogP contribution in [0.2, 0.25) is 0 Å². The van der Waals surface area contributed by atoms with Gasteiger partial charge in [0.2, 0.25) is 0 Å². The van der Waals surface area contributed by atoms with Gasteiger partial charge in [0.25, 0.3) is 0 Å². The van der Waals surface area contributed by atoms with Gasteiger partial charge in [-0.2, -0.15) is 0 Å². The Bertz CT molecular complexity index is 931. The van der Waals surface area contributed by atoms with Crippen molar-refractivity contribution in [1.29, 1.82) is 0 Å². The third kappa shape index (κ3) is 3.87. The Morgan fingerprint density at radius 1 is 1.19 bits per heavy atom. The monoisotopic (exact) mass is 354 g/mol. The van der Waals surface area contributed by atoms with Crippen molar-refractivity contribution in [3.05, 3.63) is 65.1 Å². The van der Waals surface area contributed by atoms with Crippen molar-refractivity contribution >= 4 is 22.6 Å². The Hall–Kier alpha value is -2.82. The van der Waals surface area contributed by atoms with Gasteiger partial charge in [-0.1, -0.05) is 0 Å². The summed E-state index contributed by atoms with van der Waals surface area (Å²) in [5, 5.41) is 0.881. The highest BCUT2D eigenvalue weighted by atomic mass is 19.1. The fraction of sp³-hybridized carbons (Fsp3) is 0.286. The summed E-state index contributed by atoms with van der Waals surface area (Å²) in [6.45, 7) is 2.30. The van der Waals surface area contributed by atoms with E-state index in [1.807, 2.05) is 44.2 Å². The van der Waals surface area contributed by atoms with Crippen molar-refractivity contribution in [3.63, 3.8) is 0 Å². The molecule has 2 aromatic carbocycles. The molecule has 136 valence electrons. The third-order valence-electron chi connectivity index (χ3n) is 4.47. The van der Waals surface area contributed by atoms with Crippen molar-refractivity contribution in [2.45, 2.75) is 19.8 Å². The number of hydrogen-bond donors (Lipinski definition) is 1. The Balaban J connectivity index is 1.55. The van der Waals surface area contributed by atoms with Gasteiger partial charge in [0.1, 0.15) is 5.82 Å². The average Bonchev–Trinajstić information content (AvgIpc) is 3.00. The normalized spacial score (nSPS) is 10.9. The molecule has 3 aromatic rings. The van der Waals surface area contributed by atoms with Crippen molar-refractivity contribution in [1.82, 2.24) is 4.98 Å². The second-order valence-corrected chi connectivity index (χ2v) is 6.64.